The van der Waals surface area contributed by atoms with Gasteiger partial charge < -0.3 is 4.74 Å². The van der Waals surface area contributed by atoms with Crippen molar-refractivity contribution in [3.8, 4) is 0 Å². The first-order valence-electron chi connectivity index (χ1n) is 4.49. The molecule has 1 nitrogen and oxygen atoms in total. The summed E-state index contributed by atoms with van der Waals surface area (Å²) in [5, 5.41) is 0. The van der Waals surface area contributed by atoms with Crippen molar-refractivity contribution >= 4 is 0 Å². The molecule has 1 fully saturated rings. The lowest BCUT2D eigenvalue weighted by Gasteiger charge is -2.25. The maximum Gasteiger partial charge on any atom is 0.459 e. The van der Waals surface area contributed by atoms with E-state index in [0.717, 1.165) is 0 Å². The van der Waals surface area contributed by atoms with Gasteiger partial charge in [0.25, 0.3) is 6.36 Å². The fraction of sp³-hybridized carbons (Fsp3) is 1.00. The van der Waals surface area contributed by atoms with Crippen molar-refractivity contribution in [3.05, 3.63) is 0 Å². The molecule has 0 heterocycles. The van der Waals surface area contributed by atoms with Gasteiger partial charge in [0.15, 0.2) is 0 Å². The van der Waals surface area contributed by atoms with Crippen molar-refractivity contribution in [3.63, 3.8) is 0 Å². The molecule has 1 rings (SSSR count). The number of hydrogen-bond acceptors (Lipinski definition) is 1. The summed E-state index contributed by atoms with van der Waals surface area (Å²) in [7, 11) is 0. The average Bonchev–Trinajstić information content (AvgIpc) is 2.54. The summed E-state index contributed by atoms with van der Waals surface area (Å²) in [5.41, 5.74) is 0. The number of alkyl halides is 6. The number of ether oxygens (including phenoxy) is 1. The standard InChI is InChI=1S/C8H10F6O/c9-6(7(10,11)8(12,13)14)15-5-3-1-2-4-5/h5-6H,1-4H2. The Bertz CT molecular complexity index is 208. The minimum Gasteiger partial charge on any atom is -0.340 e. The maximum absolute atomic E-state index is 12.6. The van der Waals surface area contributed by atoms with Crippen LogP contribution in [-0.4, -0.2) is 24.6 Å². The molecule has 0 N–H and O–H groups in total. The first-order valence-corrected chi connectivity index (χ1v) is 4.49. The van der Waals surface area contributed by atoms with Crippen LogP contribution in [0.2, 0.25) is 0 Å². The van der Waals surface area contributed by atoms with Gasteiger partial charge >= 0.3 is 12.1 Å². The van der Waals surface area contributed by atoms with Gasteiger partial charge in [0, 0.05) is 0 Å². The Kier molecular flexibility index (Phi) is 3.52. The SMILES string of the molecule is FC(OC1CCCC1)C(F)(F)C(F)(F)F. The normalized spacial score (nSPS) is 22.0. The molecule has 0 aromatic heterocycles. The fourth-order valence-corrected chi connectivity index (χ4v) is 1.41. The third-order valence-electron chi connectivity index (χ3n) is 2.28. The highest BCUT2D eigenvalue weighted by atomic mass is 19.4. The fourth-order valence-electron chi connectivity index (χ4n) is 1.41. The van der Waals surface area contributed by atoms with Crippen LogP contribution in [0.4, 0.5) is 26.3 Å². The van der Waals surface area contributed by atoms with Gasteiger partial charge in [0.2, 0.25) is 0 Å². The first kappa shape index (κ1) is 12.6. The van der Waals surface area contributed by atoms with Crippen molar-refractivity contribution in [1.82, 2.24) is 0 Å². The summed E-state index contributed by atoms with van der Waals surface area (Å²) in [5.74, 6) is -5.43. The summed E-state index contributed by atoms with van der Waals surface area (Å²) in [4.78, 5) is 0. The van der Waals surface area contributed by atoms with Crippen LogP contribution in [-0.2, 0) is 4.74 Å². The number of rotatable bonds is 3. The minimum atomic E-state index is -5.91. The highest BCUT2D eigenvalue weighted by molar-refractivity contribution is 4.80. The molecule has 1 unspecified atom stereocenters. The summed E-state index contributed by atoms with van der Waals surface area (Å²) >= 11 is 0. The molecule has 15 heavy (non-hydrogen) atoms. The van der Waals surface area contributed by atoms with E-state index in [1.807, 2.05) is 0 Å². The summed E-state index contributed by atoms with van der Waals surface area (Å²) < 4.78 is 76.5. The Morgan fingerprint density at radius 3 is 1.87 bits per heavy atom. The van der Waals surface area contributed by atoms with Crippen LogP contribution in [0.3, 0.4) is 0 Å². The second kappa shape index (κ2) is 4.19. The second-order valence-electron chi connectivity index (χ2n) is 3.48. The van der Waals surface area contributed by atoms with E-state index < -0.39 is 24.6 Å². The molecule has 1 aliphatic rings. The zero-order valence-electron chi connectivity index (χ0n) is 7.66. The molecule has 0 radical (unpaired) electrons. The van der Waals surface area contributed by atoms with Crippen molar-refractivity contribution in [2.45, 2.75) is 50.2 Å². The van der Waals surface area contributed by atoms with E-state index >= 15 is 0 Å². The maximum atomic E-state index is 12.6. The van der Waals surface area contributed by atoms with E-state index in [0.29, 0.717) is 25.7 Å². The van der Waals surface area contributed by atoms with Crippen LogP contribution < -0.4 is 0 Å². The molecule has 0 amide bonds. The van der Waals surface area contributed by atoms with Gasteiger partial charge in [-0.2, -0.15) is 22.0 Å². The van der Waals surface area contributed by atoms with E-state index in [2.05, 4.69) is 4.74 Å². The summed E-state index contributed by atoms with van der Waals surface area (Å²) in [6.07, 6.45) is -8.37. The second-order valence-corrected chi connectivity index (χ2v) is 3.48. The van der Waals surface area contributed by atoms with Crippen molar-refractivity contribution in [1.29, 1.82) is 0 Å². The molecule has 7 heteroatoms. The predicted octanol–water partition coefficient (Wildman–Crippen LogP) is 3.44. The molecule has 0 aromatic rings. The van der Waals surface area contributed by atoms with Gasteiger partial charge in [-0.3, -0.25) is 0 Å². The lowest BCUT2D eigenvalue weighted by atomic mass is 10.3. The van der Waals surface area contributed by atoms with Crippen LogP contribution in [0.5, 0.6) is 0 Å². The first-order chi connectivity index (χ1) is 6.75. The largest absolute Gasteiger partial charge is 0.459 e. The molecule has 90 valence electrons. The minimum absolute atomic E-state index is 0.328. The Hall–Kier alpha value is -0.460. The molecular formula is C8H10F6O. The van der Waals surface area contributed by atoms with Crippen LogP contribution in [0, 0.1) is 0 Å². The molecule has 0 saturated heterocycles. The van der Waals surface area contributed by atoms with E-state index in [-0.39, 0.29) is 0 Å². The van der Waals surface area contributed by atoms with Crippen LogP contribution in [0.1, 0.15) is 25.7 Å². The van der Waals surface area contributed by atoms with Gasteiger partial charge in [-0.05, 0) is 12.8 Å². The van der Waals surface area contributed by atoms with E-state index in [9.17, 15) is 26.3 Å². The van der Waals surface area contributed by atoms with E-state index in [4.69, 9.17) is 0 Å². The monoisotopic (exact) mass is 236 g/mol. The van der Waals surface area contributed by atoms with Gasteiger partial charge in [-0.1, -0.05) is 12.8 Å². The highest BCUT2D eigenvalue weighted by Crippen LogP contribution is 2.41. The molecule has 1 atom stereocenters. The smallest absolute Gasteiger partial charge is 0.340 e. The highest BCUT2D eigenvalue weighted by Gasteiger charge is 2.64. The van der Waals surface area contributed by atoms with Crippen LogP contribution >= 0.6 is 0 Å². The van der Waals surface area contributed by atoms with Gasteiger partial charge in [-0.25, -0.2) is 4.39 Å². The quantitative estimate of drug-likeness (QED) is 0.682. The van der Waals surface area contributed by atoms with Crippen LogP contribution in [0.15, 0.2) is 0 Å². The summed E-state index contributed by atoms with van der Waals surface area (Å²) in [6, 6.07) is 0. The summed E-state index contributed by atoms with van der Waals surface area (Å²) in [6.45, 7) is 0. The molecule has 0 spiro atoms. The third kappa shape index (κ3) is 2.76. The average molecular weight is 236 g/mol. The Balaban J connectivity index is 2.54. The van der Waals surface area contributed by atoms with Crippen molar-refractivity contribution in [2.75, 3.05) is 0 Å². The lowest BCUT2D eigenvalue weighted by Crippen LogP contribution is -2.47. The molecule has 0 aromatic carbocycles. The van der Waals surface area contributed by atoms with Crippen molar-refractivity contribution in [2.24, 2.45) is 0 Å². The van der Waals surface area contributed by atoms with E-state index in [1.54, 1.807) is 0 Å². The van der Waals surface area contributed by atoms with Crippen molar-refractivity contribution < 1.29 is 31.1 Å². The number of halogens is 6. The topological polar surface area (TPSA) is 9.23 Å². The number of hydrogen-bond donors (Lipinski definition) is 0. The van der Waals surface area contributed by atoms with Crippen LogP contribution in [0.25, 0.3) is 0 Å². The predicted molar refractivity (Wildman–Crippen MR) is 39.2 cm³/mol. The Morgan fingerprint density at radius 1 is 1.00 bits per heavy atom. The van der Waals surface area contributed by atoms with E-state index in [1.165, 1.54) is 0 Å². The third-order valence-corrected chi connectivity index (χ3v) is 2.28. The zero-order chi connectivity index (χ0) is 11.7. The molecule has 0 bridgehead atoms. The molecule has 0 aliphatic heterocycles. The molecule has 1 saturated carbocycles. The zero-order valence-corrected chi connectivity index (χ0v) is 7.66. The molecule has 1 aliphatic carbocycles. The molecular weight excluding hydrogens is 226 g/mol. The van der Waals surface area contributed by atoms with Gasteiger partial charge in [0.1, 0.15) is 0 Å². The van der Waals surface area contributed by atoms with Gasteiger partial charge in [0.05, 0.1) is 6.10 Å². The Morgan fingerprint density at radius 2 is 1.47 bits per heavy atom. The lowest BCUT2D eigenvalue weighted by molar-refractivity contribution is -0.346. The Labute approximate surface area is 82.4 Å². The van der Waals surface area contributed by atoms with Gasteiger partial charge in [-0.15, -0.1) is 0 Å².